The fourth-order valence-electron chi connectivity index (χ4n) is 4.49. The molecule has 2 aliphatic heterocycles. The topological polar surface area (TPSA) is 135 Å². The Morgan fingerprint density at radius 2 is 2.05 bits per heavy atom. The molecule has 13 heteroatoms. The molecule has 0 unspecified atom stereocenters. The van der Waals surface area contributed by atoms with Crippen LogP contribution >= 0.6 is 0 Å². The van der Waals surface area contributed by atoms with Gasteiger partial charge >= 0.3 is 13.2 Å². The first kappa shape index (κ1) is 29.5. The van der Waals surface area contributed by atoms with Crippen LogP contribution < -0.4 is 5.32 Å². The summed E-state index contributed by atoms with van der Waals surface area (Å²) in [6.45, 7) is 3.16. The number of likely N-dealkylation sites (tertiary alicyclic amines) is 1. The average Bonchev–Trinajstić information content (AvgIpc) is 3.26. The van der Waals surface area contributed by atoms with Crippen LogP contribution in [0.4, 0.5) is 13.6 Å². The van der Waals surface area contributed by atoms with E-state index in [9.17, 15) is 33.7 Å². The Bertz CT molecular complexity index is 1050. The molecule has 0 saturated carbocycles. The average molecular weight is 534 g/mol. The molecule has 3 N–H and O–H groups in total. The van der Waals surface area contributed by atoms with Crippen LogP contribution in [0.5, 0.6) is 0 Å². The van der Waals surface area contributed by atoms with Crippen molar-refractivity contribution in [2.75, 3.05) is 39.5 Å². The highest BCUT2D eigenvalue weighted by Gasteiger charge is 2.43. The molecule has 0 spiro atoms. The number of hydrogen-bond donors (Lipinski definition) is 3. The third kappa shape index (κ3) is 7.98. The van der Waals surface area contributed by atoms with Crippen molar-refractivity contribution >= 4 is 19.1 Å². The second kappa shape index (κ2) is 12.7. The minimum absolute atomic E-state index is 0.0511. The Hall–Kier alpha value is -3.05. The first-order chi connectivity index (χ1) is 17.9. The highest BCUT2D eigenvalue weighted by molar-refractivity contribution is 6.43. The largest absolute Gasteiger partial charge is 0.475 e. The highest BCUT2D eigenvalue weighted by atomic mass is 19.3. The molecule has 2 aliphatic rings. The molecular weight excluding hydrogens is 501 g/mol. The Morgan fingerprint density at radius 3 is 2.66 bits per heavy atom. The summed E-state index contributed by atoms with van der Waals surface area (Å²) in [6, 6.07) is 10.1. The number of rotatable bonds is 9. The van der Waals surface area contributed by atoms with E-state index in [1.807, 2.05) is 12.1 Å². The summed E-state index contributed by atoms with van der Waals surface area (Å²) in [5.41, 5.74) is -0.384. The summed E-state index contributed by atoms with van der Waals surface area (Å²) in [5, 5.41) is 31.5. The van der Waals surface area contributed by atoms with Gasteiger partial charge in [-0.25, -0.2) is 13.6 Å². The summed E-state index contributed by atoms with van der Waals surface area (Å²) in [4.78, 5) is 28.6. The molecule has 2 saturated heterocycles. The third-order valence-corrected chi connectivity index (χ3v) is 6.69. The molecule has 0 aromatic heterocycles. The maximum atomic E-state index is 13.7. The number of nitrogens with one attached hydrogen (secondary N) is 1. The van der Waals surface area contributed by atoms with E-state index in [1.165, 1.54) is 15.9 Å². The number of halogens is 2. The van der Waals surface area contributed by atoms with Gasteiger partial charge in [-0.05, 0) is 31.9 Å². The molecule has 3 rings (SSSR count). The Kier molecular flexibility index (Phi) is 9.84. The number of benzene rings is 1. The molecule has 0 aliphatic carbocycles. The van der Waals surface area contributed by atoms with Gasteiger partial charge in [-0.15, -0.1) is 0 Å². The molecule has 1 aromatic carbocycles. The van der Waals surface area contributed by atoms with E-state index in [4.69, 9.17) is 9.47 Å². The maximum absolute atomic E-state index is 13.7. The lowest BCUT2D eigenvalue weighted by Gasteiger charge is -2.36. The van der Waals surface area contributed by atoms with E-state index in [2.05, 4.69) is 5.32 Å². The molecule has 2 amide bonds. The molecule has 2 atom stereocenters. The van der Waals surface area contributed by atoms with Gasteiger partial charge in [0, 0.05) is 25.0 Å². The number of carbonyl (C=O) groups is 2. The molecule has 38 heavy (non-hydrogen) atoms. The van der Waals surface area contributed by atoms with Gasteiger partial charge in [-0.3, -0.25) is 9.69 Å². The summed E-state index contributed by atoms with van der Waals surface area (Å²) >= 11 is 0. The molecule has 2 fully saturated rings. The monoisotopic (exact) mass is 534 g/mol. The number of carbonyl (C=O) groups excluding carboxylic acids is 2. The zero-order valence-electron chi connectivity index (χ0n) is 21.5. The molecule has 2 heterocycles. The summed E-state index contributed by atoms with van der Waals surface area (Å²) < 4.78 is 38.2. The minimum Gasteiger partial charge on any atom is -0.447 e. The Labute approximate surface area is 220 Å². The molecule has 10 nitrogen and oxygen atoms in total. The van der Waals surface area contributed by atoms with E-state index < -0.39 is 49.1 Å². The quantitative estimate of drug-likeness (QED) is 0.244. The lowest BCUT2D eigenvalue weighted by Crippen LogP contribution is -2.53. The van der Waals surface area contributed by atoms with Gasteiger partial charge in [0.15, 0.2) is 0 Å². The number of alkyl carbamates (subject to hydrolysis) is 1. The van der Waals surface area contributed by atoms with E-state index >= 15 is 0 Å². The lowest BCUT2D eigenvalue weighted by atomic mass is 9.76. The van der Waals surface area contributed by atoms with Crippen molar-refractivity contribution in [2.45, 2.75) is 50.1 Å². The fourth-order valence-corrected chi connectivity index (χ4v) is 4.49. The van der Waals surface area contributed by atoms with Gasteiger partial charge in [-0.2, -0.15) is 5.26 Å². The summed E-state index contributed by atoms with van der Waals surface area (Å²) in [5.74, 6) is -4.46. The van der Waals surface area contributed by atoms with Crippen molar-refractivity contribution in [1.29, 1.82) is 5.26 Å². The second-order valence-electron chi connectivity index (χ2n) is 10.0. The zero-order chi connectivity index (χ0) is 27.9. The highest BCUT2D eigenvalue weighted by Crippen LogP contribution is 2.33. The van der Waals surface area contributed by atoms with E-state index in [0.29, 0.717) is 0 Å². The van der Waals surface area contributed by atoms with Crippen LogP contribution in [-0.4, -0.2) is 102 Å². The number of nitrogens with zero attached hydrogens (tertiary/aromatic N) is 3. The van der Waals surface area contributed by atoms with E-state index in [1.54, 1.807) is 38.1 Å². The second-order valence-corrected chi connectivity index (χ2v) is 10.0. The van der Waals surface area contributed by atoms with Crippen LogP contribution in [0.15, 0.2) is 42.0 Å². The van der Waals surface area contributed by atoms with Gasteiger partial charge in [-0.1, -0.05) is 30.3 Å². The lowest BCUT2D eigenvalue weighted by molar-refractivity contribution is -0.137. The number of hydrogen-bond acceptors (Lipinski definition) is 8. The predicted molar refractivity (Wildman–Crippen MR) is 134 cm³/mol. The third-order valence-electron chi connectivity index (χ3n) is 6.69. The maximum Gasteiger partial charge on any atom is 0.475 e. The van der Waals surface area contributed by atoms with Gasteiger partial charge in [0.2, 0.25) is 0 Å². The molecule has 1 aromatic rings. The Balaban J connectivity index is 1.63. The van der Waals surface area contributed by atoms with Gasteiger partial charge in [0.25, 0.3) is 11.8 Å². The number of ether oxygens (including phenoxy) is 2. The molecular formula is C25H33BF2N4O6. The number of nitriles is 1. The number of alkyl halides is 2. The standard InChI is InChI=1S/C25H33BF2N4O6/c1-24(2,31-9-8-25(27,28)17-31)13-19(14-29)22(33)32-10-11-37-15-20(32)16-38-23(34)30-21(26(35)36)12-18-6-4-3-5-7-18/h3-7,13,20-21,35-36H,8-12,15-17H2,1-2H3,(H,30,34)/t20-,21+/m1/s1. The Morgan fingerprint density at radius 1 is 1.34 bits per heavy atom. The van der Waals surface area contributed by atoms with Crippen molar-refractivity contribution in [3.05, 3.63) is 47.5 Å². The van der Waals surface area contributed by atoms with Crippen molar-refractivity contribution in [3.63, 3.8) is 0 Å². The summed E-state index contributed by atoms with van der Waals surface area (Å²) in [7, 11) is -1.83. The number of morpholine rings is 1. The van der Waals surface area contributed by atoms with Crippen molar-refractivity contribution in [1.82, 2.24) is 15.1 Å². The summed E-state index contributed by atoms with van der Waals surface area (Å²) in [6.07, 6.45) is 0.349. The minimum atomic E-state index is -2.82. The van der Waals surface area contributed by atoms with Crippen LogP contribution in [0.2, 0.25) is 0 Å². The van der Waals surface area contributed by atoms with Gasteiger partial charge in [0.1, 0.15) is 18.2 Å². The van der Waals surface area contributed by atoms with Crippen molar-refractivity contribution < 1.29 is 37.9 Å². The van der Waals surface area contributed by atoms with Gasteiger partial charge in [0.05, 0.1) is 31.7 Å². The van der Waals surface area contributed by atoms with Gasteiger partial charge < -0.3 is 29.7 Å². The van der Waals surface area contributed by atoms with Crippen LogP contribution in [-0.2, 0) is 20.7 Å². The SMILES string of the molecule is CC(C)(C=C(C#N)C(=O)N1CCOC[C@@H]1COC(=O)N[C@@H](Cc1ccccc1)B(O)O)N1CCC(F)(F)C1. The van der Waals surface area contributed by atoms with Crippen LogP contribution in [0, 0.1) is 11.3 Å². The molecule has 0 bridgehead atoms. The van der Waals surface area contributed by atoms with Crippen molar-refractivity contribution in [2.24, 2.45) is 0 Å². The van der Waals surface area contributed by atoms with E-state index in [0.717, 1.165) is 5.56 Å². The first-order valence-corrected chi connectivity index (χ1v) is 12.4. The number of amides is 2. The van der Waals surface area contributed by atoms with E-state index in [-0.39, 0.29) is 51.3 Å². The fraction of sp³-hybridized carbons (Fsp3) is 0.560. The van der Waals surface area contributed by atoms with Crippen LogP contribution in [0.25, 0.3) is 0 Å². The van der Waals surface area contributed by atoms with Crippen molar-refractivity contribution in [3.8, 4) is 6.07 Å². The smallest absolute Gasteiger partial charge is 0.447 e. The molecule has 0 radical (unpaired) electrons. The van der Waals surface area contributed by atoms with Crippen LogP contribution in [0.1, 0.15) is 25.8 Å². The van der Waals surface area contributed by atoms with Crippen LogP contribution in [0.3, 0.4) is 0 Å². The normalized spacial score (nSPS) is 20.9. The first-order valence-electron chi connectivity index (χ1n) is 12.4. The molecule has 206 valence electrons. The zero-order valence-corrected chi connectivity index (χ0v) is 21.5. The predicted octanol–water partition coefficient (Wildman–Crippen LogP) is 1.13.